The van der Waals surface area contributed by atoms with E-state index in [1.165, 1.54) is 12.1 Å². The summed E-state index contributed by atoms with van der Waals surface area (Å²) in [6, 6.07) is 12.7. The quantitative estimate of drug-likeness (QED) is 0.683. The van der Waals surface area contributed by atoms with Gasteiger partial charge in [-0.25, -0.2) is 9.37 Å². The SMILES string of the molecule is CN(C)c1cccc(-n2c(CCl)nc3cc(F)ccc32)c1. The summed E-state index contributed by atoms with van der Waals surface area (Å²) in [4.78, 5) is 6.45. The Morgan fingerprint density at radius 2 is 2.00 bits per heavy atom. The van der Waals surface area contributed by atoms with Gasteiger partial charge in [-0.1, -0.05) is 6.07 Å². The fraction of sp³-hybridized carbons (Fsp3) is 0.188. The van der Waals surface area contributed by atoms with Crippen LogP contribution in [0.15, 0.2) is 42.5 Å². The fourth-order valence-corrected chi connectivity index (χ4v) is 2.57. The van der Waals surface area contributed by atoms with Crippen LogP contribution in [0.3, 0.4) is 0 Å². The Kier molecular flexibility index (Phi) is 3.55. The molecule has 0 saturated carbocycles. The molecule has 0 aliphatic carbocycles. The summed E-state index contributed by atoms with van der Waals surface area (Å²) in [6.07, 6.45) is 0. The lowest BCUT2D eigenvalue weighted by molar-refractivity contribution is 0.629. The molecule has 5 heteroatoms. The maximum atomic E-state index is 13.4. The van der Waals surface area contributed by atoms with Gasteiger partial charge in [0.15, 0.2) is 0 Å². The third-order valence-corrected chi connectivity index (χ3v) is 3.65. The van der Waals surface area contributed by atoms with Gasteiger partial charge in [0.1, 0.15) is 11.6 Å². The van der Waals surface area contributed by atoms with Crippen LogP contribution < -0.4 is 4.90 Å². The molecular formula is C16H15ClFN3. The van der Waals surface area contributed by atoms with Crippen LogP contribution in [0.25, 0.3) is 16.7 Å². The Labute approximate surface area is 127 Å². The molecule has 3 aromatic rings. The molecule has 108 valence electrons. The summed E-state index contributed by atoms with van der Waals surface area (Å²) in [5, 5.41) is 0. The number of imidazole rings is 1. The highest BCUT2D eigenvalue weighted by Crippen LogP contribution is 2.25. The molecule has 1 aromatic heterocycles. The maximum Gasteiger partial charge on any atom is 0.129 e. The normalized spacial score (nSPS) is 11.0. The van der Waals surface area contributed by atoms with E-state index in [1.807, 2.05) is 41.8 Å². The number of benzene rings is 2. The van der Waals surface area contributed by atoms with Crippen LogP contribution in [0.2, 0.25) is 0 Å². The van der Waals surface area contributed by atoms with Gasteiger partial charge in [0.05, 0.1) is 16.9 Å². The summed E-state index contributed by atoms with van der Waals surface area (Å²) in [7, 11) is 3.98. The zero-order valence-electron chi connectivity index (χ0n) is 11.8. The molecule has 3 nitrogen and oxygen atoms in total. The topological polar surface area (TPSA) is 21.1 Å². The van der Waals surface area contributed by atoms with E-state index < -0.39 is 0 Å². The van der Waals surface area contributed by atoms with E-state index >= 15 is 0 Å². The molecule has 0 bridgehead atoms. The van der Waals surface area contributed by atoms with Crippen LogP contribution in [0.1, 0.15) is 5.82 Å². The molecule has 0 spiro atoms. The second kappa shape index (κ2) is 5.37. The number of hydrogen-bond donors (Lipinski definition) is 0. The Morgan fingerprint density at radius 3 is 2.71 bits per heavy atom. The third-order valence-electron chi connectivity index (χ3n) is 3.41. The number of nitrogens with zero attached hydrogens (tertiary/aromatic N) is 3. The Hall–Kier alpha value is -2.07. The molecule has 0 saturated heterocycles. The molecule has 0 radical (unpaired) electrons. The average Bonchev–Trinajstić information content (AvgIpc) is 2.84. The van der Waals surface area contributed by atoms with Crippen LogP contribution in [0.4, 0.5) is 10.1 Å². The first-order valence-electron chi connectivity index (χ1n) is 6.61. The van der Waals surface area contributed by atoms with E-state index in [4.69, 9.17) is 11.6 Å². The van der Waals surface area contributed by atoms with Crippen LogP contribution >= 0.6 is 11.6 Å². The summed E-state index contributed by atoms with van der Waals surface area (Å²) >= 11 is 6.01. The van der Waals surface area contributed by atoms with Crippen molar-refractivity contribution in [1.82, 2.24) is 9.55 Å². The maximum absolute atomic E-state index is 13.4. The molecule has 0 atom stereocenters. The molecule has 1 heterocycles. The molecule has 0 N–H and O–H groups in total. The van der Waals surface area contributed by atoms with E-state index in [1.54, 1.807) is 6.07 Å². The number of aromatic nitrogens is 2. The van der Waals surface area contributed by atoms with Crippen molar-refractivity contribution in [2.45, 2.75) is 5.88 Å². The fourth-order valence-electron chi connectivity index (χ4n) is 2.39. The number of rotatable bonds is 3. The zero-order valence-corrected chi connectivity index (χ0v) is 12.6. The van der Waals surface area contributed by atoms with Crippen molar-refractivity contribution in [2.24, 2.45) is 0 Å². The second-order valence-corrected chi connectivity index (χ2v) is 5.31. The zero-order chi connectivity index (χ0) is 15.0. The van der Waals surface area contributed by atoms with Crippen molar-refractivity contribution in [1.29, 1.82) is 0 Å². The first-order chi connectivity index (χ1) is 10.1. The van der Waals surface area contributed by atoms with Crippen molar-refractivity contribution in [3.8, 4) is 5.69 Å². The van der Waals surface area contributed by atoms with E-state index in [9.17, 15) is 4.39 Å². The molecule has 21 heavy (non-hydrogen) atoms. The van der Waals surface area contributed by atoms with Crippen LogP contribution in [0.5, 0.6) is 0 Å². The standard InChI is InChI=1S/C16H15ClFN3/c1-20(2)12-4-3-5-13(9-12)21-15-7-6-11(18)8-14(15)19-16(21)10-17/h3-9H,10H2,1-2H3. The Morgan fingerprint density at radius 1 is 1.19 bits per heavy atom. The smallest absolute Gasteiger partial charge is 0.129 e. The first kappa shape index (κ1) is 13.9. The number of fused-ring (bicyclic) bond motifs is 1. The summed E-state index contributed by atoms with van der Waals surface area (Å²) in [5.41, 5.74) is 3.51. The minimum Gasteiger partial charge on any atom is -0.378 e. The molecule has 0 aliphatic heterocycles. The lowest BCUT2D eigenvalue weighted by Crippen LogP contribution is -2.09. The first-order valence-corrected chi connectivity index (χ1v) is 7.14. The molecule has 3 rings (SSSR count). The van der Waals surface area contributed by atoms with Gasteiger partial charge in [-0.15, -0.1) is 11.6 Å². The average molecular weight is 304 g/mol. The van der Waals surface area contributed by atoms with Crippen molar-refractivity contribution >= 4 is 28.3 Å². The summed E-state index contributed by atoms with van der Waals surface area (Å²) in [6.45, 7) is 0. The van der Waals surface area contributed by atoms with Gasteiger partial charge in [-0.3, -0.25) is 4.57 Å². The van der Waals surface area contributed by atoms with Gasteiger partial charge in [0.2, 0.25) is 0 Å². The predicted molar refractivity (Wildman–Crippen MR) is 84.9 cm³/mol. The van der Waals surface area contributed by atoms with Crippen molar-refractivity contribution in [2.75, 3.05) is 19.0 Å². The number of hydrogen-bond acceptors (Lipinski definition) is 2. The third kappa shape index (κ3) is 2.47. The van der Waals surface area contributed by atoms with Gasteiger partial charge in [-0.05, 0) is 30.3 Å². The lowest BCUT2D eigenvalue weighted by Gasteiger charge is -2.15. The van der Waals surface area contributed by atoms with Crippen LogP contribution in [-0.4, -0.2) is 23.6 Å². The second-order valence-electron chi connectivity index (χ2n) is 5.04. The van der Waals surface area contributed by atoms with E-state index in [2.05, 4.69) is 11.1 Å². The Balaban J connectivity index is 2.25. The van der Waals surface area contributed by atoms with Gasteiger partial charge >= 0.3 is 0 Å². The van der Waals surface area contributed by atoms with Crippen molar-refractivity contribution in [3.05, 3.63) is 54.1 Å². The van der Waals surface area contributed by atoms with E-state index in [0.717, 1.165) is 16.9 Å². The molecule has 0 aliphatic rings. The minimum absolute atomic E-state index is 0.266. The van der Waals surface area contributed by atoms with Crippen molar-refractivity contribution < 1.29 is 4.39 Å². The highest BCUT2D eigenvalue weighted by molar-refractivity contribution is 6.17. The monoisotopic (exact) mass is 303 g/mol. The van der Waals surface area contributed by atoms with E-state index in [-0.39, 0.29) is 11.7 Å². The van der Waals surface area contributed by atoms with Gasteiger partial charge in [0.25, 0.3) is 0 Å². The van der Waals surface area contributed by atoms with Crippen LogP contribution in [-0.2, 0) is 5.88 Å². The number of alkyl halides is 1. The largest absolute Gasteiger partial charge is 0.378 e. The van der Waals surface area contributed by atoms with Gasteiger partial charge in [-0.2, -0.15) is 0 Å². The van der Waals surface area contributed by atoms with Crippen molar-refractivity contribution in [3.63, 3.8) is 0 Å². The highest BCUT2D eigenvalue weighted by Gasteiger charge is 2.13. The highest BCUT2D eigenvalue weighted by atomic mass is 35.5. The molecule has 0 unspecified atom stereocenters. The van der Waals surface area contributed by atoms with E-state index in [0.29, 0.717) is 11.3 Å². The number of anilines is 1. The molecule has 0 fully saturated rings. The predicted octanol–water partition coefficient (Wildman–Crippen LogP) is 3.97. The molecule has 0 amide bonds. The summed E-state index contributed by atoms with van der Waals surface area (Å²) in [5.74, 6) is 0.672. The lowest BCUT2D eigenvalue weighted by atomic mass is 10.2. The Bertz CT molecular complexity index is 795. The molecular weight excluding hydrogens is 289 g/mol. The van der Waals surface area contributed by atoms with Gasteiger partial charge < -0.3 is 4.90 Å². The minimum atomic E-state index is -0.296. The van der Waals surface area contributed by atoms with Crippen LogP contribution in [0, 0.1) is 5.82 Å². The molecule has 2 aromatic carbocycles. The van der Waals surface area contributed by atoms with Gasteiger partial charge in [0, 0.05) is 31.5 Å². The summed E-state index contributed by atoms with van der Waals surface area (Å²) < 4.78 is 15.3. The number of halogens is 2.